The van der Waals surface area contributed by atoms with Crippen LogP contribution >= 0.6 is 0 Å². The van der Waals surface area contributed by atoms with Crippen LogP contribution in [-0.2, 0) is 42.8 Å². The second kappa shape index (κ2) is 20.5. The minimum absolute atomic E-state index is 0.141. The summed E-state index contributed by atoms with van der Waals surface area (Å²) in [6.07, 6.45) is 19.3. The molecule has 2 heterocycles. The van der Waals surface area contributed by atoms with Gasteiger partial charge in [0.1, 0.15) is 0 Å². The summed E-state index contributed by atoms with van der Waals surface area (Å²) in [4.78, 5) is 11.7. The first-order valence-corrected chi connectivity index (χ1v) is 19.6. The predicted molar refractivity (Wildman–Crippen MR) is 189 cm³/mol. The van der Waals surface area contributed by atoms with Crippen LogP contribution in [0.3, 0.4) is 0 Å². The van der Waals surface area contributed by atoms with E-state index in [2.05, 4.69) is 44.2 Å². The van der Waals surface area contributed by atoms with E-state index < -0.39 is 16.2 Å². The highest BCUT2D eigenvalue weighted by Gasteiger charge is 2.46. The average molecular weight is 703 g/mol. The Morgan fingerprint density at radius 2 is 1.67 bits per heavy atom. The maximum absolute atomic E-state index is 13.6. The van der Waals surface area contributed by atoms with Gasteiger partial charge in [-0.15, -0.1) is 0 Å². The smallest absolute Gasteiger partial charge is 0.305 e. The van der Waals surface area contributed by atoms with Crippen LogP contribution < -0.4 is 0 Å². The van der Waals surface area contributed by atoms with Gasteiger partial charge in [0.05, 0.1) is 30.3 Å². The van der Waals surface area contributed by atoms with E-state index in [1.807, 2.05) is 6.92 Å². The van der Waals surface area contributed by atoms with Crippen molar-refractivity contribution in [3.63, 3.8) is 0 Å². The minimum Gasteiger partial charge on any atom is -0.469 e. The fourth-order valence-corrected chi connectivity index (χ4v) is 7.83. The van der Waals surface area contributed by atoms with Crippen molar-refractivity contribution >= 4 is 16.1 Å². The molecule has 9 nitrogen and oxygen atoms in total. The number of hydrogen-bond donors (Lipinski definition) is 0. The fourth-order valence-electron chi connectivity index (χ4n) is 6.70. The summed E-state index contributed by atoms with van der Waals surface area (Å²) >= 11 is 0. The number of allylic oxidation sites excluding steroid dienone is 4. The van der Waals surface area contributed by atoms with E-state index in [0.29, 0.717) is 45.3 Å². The second-order valence-corrected chi connectivity index (χ2v) is 15.3. The van der Waals surface area contributed by atoms with Crippen LogP contribution in [0.25, 0.3) is 0 Å². The largest absolute Gasteiger partial charge is 0.469 e. The summed E-state index contributed by atoms with van der Waals surface area (Å²) < 4.78 is 63.2. The van der Waals surface area contributed by atoms with Gasteiger partial charge in [-0.25, -0.2) is 0 Å². The highest BCUT2D eigenvalue weighted by Crippen LogP contribution is 2.42. The lowest BCUT2D eigenvalue weighted by atomic mass is 9.89. The van der Waals surface area contributed by atoms with Crippen molar-refractivity contribution in [3.8, 4) is 0 Å². The van der Waals surface area contributed by atoms with Gasteiger partial charge in [-0.1, -0.05) is 53.6 Å². The lowest BCUT2D eigenvalue weighted by Gasteiger charge is -2.30. The number of carbonyl (C=O) groups is 1. The van der Waals surface area contributed by atoms with E-state index in [1.165, 1.54) is 12.7 Å². The number of hydrogen-bond acceptors (Lipinski definition) is 9. The number of ether oxygens (including phenoxy) is 5. The molecular weight excluding hydrogens is 644 g/mol. The molecule has 1 aliphatic carbocycles. The number of esters is 1. The van der Waals surface area contributed by atoms with Crippen LogP contribution in [0.5, 0.6) is 0 Å². The minimum atomic E-state index is -4.03. The molecule has 49 heavy (non-hydrogen) atoms. The molecule has 2 saturated heterocycles. The van der Waals surface area contributed by atoms with Gasteiger partial charge in [-0.05, 0) is 109 Å². The average Bonchev–Trinajstić information content (AvgIpc) is 3.39. The lowest BCUT2D eigenvalue weighted by molar-refractivity contribution is -0.193. The van der Waals surface area contributed by atoms with E-state index in [4.69, 9.17) is 27.9 Å². The van der Waals surface area contributed by atoms with Crippen molar-refractivity contribution in [1.29, 1.82) is 0 Å². The molecule has 1 saturated carbocycles. The first-order chi connectivity index (χ1) is 23.6. The third-order valence-corrected chi connectivity index (χ3v) is 10.8. The maximum atomic E-state index is 13.6. The molecule has 0 spiro atoms. The molecule has 0 N–H and O–H groups in total. The fraction of sp³-hybridized carbons (Fsp3) is 0.667. The van der Waals surface area contributed by atoms with E-state index in [9.17, 15) is 13.2 Å². The van der Waals surface area contributed by atoms with Crippen molar-refractivity contribution in [1.82, 2.24) is 0 Å². The highest BCUT2D eigenvalue weighted by atomic mass is 32.2. The summed E-state index contributed by atoms with van der Waals surface area (Å²) in [7, 11) is -2.63. The molecule has 2 aliphatic heterocycles. The number of unbranched alkanes of at least 4 members (excludes halogenated alkanes) is 1. The lowest BCUT2D eigenvalue weighted by Crippen LogP contribution is -2.31. The zero-order valence-corrected chi connectivity index (χ0v) is 30.7. The topological polar surface area (TPSA) is 107 Å². The van der Waals surface area contributed by atoms with Crippen LogP contribution in [0.1, 0.15) is 103 Å². The molecule has 3 aliphatic rings. The molecular formula is C39H58O9S. The molecule has 0 radical (unpaired) electrons. The number of methoxy groups -OCH3 is 1. The van der Waals surface area contributed by atoms with Gasteiger partial charge in [0.15, 0.2) is 12.6 Å². The van der Waals surface area contributed by atoms with Crippen LogP contribution in [-0.4, -0.2) is 65.6 Å². The first kappa shape index (κ1) is 39.4. The number of rotatable bonds is 18. The van der Waals surface area contributed by atoms with Gasteiger partial charge < -0.3 is 23.7 Å². The van der Waals surface area contributed by atoms with Crippen molar-refractivity contribution in [2.24, 2.45) is 11.8 Å². The van der Waals surface area contributed by atoms with Crippen LogP contribution in [0.2, 0.25) is 0 Å². The standard InChI is InChI=1S/C39H58O9S/c1-29(2)14-13-15-31(46-38-18-9-11-26-44-38)22-25-34-33(16-7-5-6-8-17-37(40)43-4)36(28-35(34)47-39-19-10-12-27-45-39)48-49(41,42)32-23-20-30(3)21-24-32/h5,7,14,20-25,31,33-36,38-39H,6,8-13,15-19,26-28H2,1-4H3/b7-5-,25-22+/t31-,33+,34+,35+,36+,38?,39?/m0/s1. The maximum Gasteiger partial charge on any atom is 0.305 e. The molecule has 10 heteroatoms. The number of carbonyl (C=O) groups excluding carboxylic acids is 1. The molecule has 0 aromatic heterocycles. The zero-order chi connectivity index (χ0) is 35.1. The summed E-state index contributed by atoms with van der Waals surface area (Å²) in [6, 6.07) is 6.75. The molecule has 0 amide bonds. The van der Waals surface area contributed by atoms with Crippen molar-refractivity contribution in [3.05, 3.63) is 65.8 Å². The molecule has 7 atom stereocenters. The van der Waals surface area contributed by atoms with Crippen LogP contribution in [0.15, 0.2) is 65.1 Å². The number of aryl methyl sites for hydroxylation is 1. The van der Waals surface area contributed by atoms with Gasteiger partial charge in [0.25, 0.3) is 10.1 Å². The Balaban J connectivity index is 1.61. The normalized spacial score (nSPS) is 27.0. The van der Waals surface area contributed by atoms with E-state index >= 15 is 0 Å². The second-order valence-electron chi connectivity index (χ2n) is 13.7. The zero-order valence-electron chi connectivity index (χ0n) is 29.9. The summed E-state index contributed by atoms with van der Waals surface area (Å²) in [5.74, 6) is -0.564. The van der Waals surface area contributed by atoms with Gasteiger partial charge in [-0.3, -0.25) is 8.98 Å². The van der Waals surface area contributed by atoms with Gasteiger partial charge in [0.2, 0.25) is 0 Å². The quantitative estimate of drug-likeness (QED) is 0.0649. The van der Waals surface area contributed by atoms with Crippen molar-refractivity contribution in [2.45, 2.75) is 140 Å². The Morgan fingerprint density at radius 1 is 0.959 bits per heavy atom. The van der Waals surface area contributed by atoms with Gasteiger partial charge in [-0.2, -0.15) is 8.42 Å². The first-order valence-electron chi connectivity index (χ1n) is 18.2. The molecule has 2 unspecified atom stereocenters. The van der Waals surface area contributed by atoms with Gasteiger partial charge in [0, 0.05) is 32.0 Å². The van der Waals surface area contributed by atoms with E-state index in [1.54, 1.807) is 24.3 Å². The highest BCUT2D eigenvalue weighted by molar-refractivity contribution is 7.86. The Bertz CT molecular complexity index is 1320. The third kappa shape index (κ3) is 13.4. The predicted octanol–water partition coefficient (Wildman–Crippen LogP) is 8.12. The molecule has 0 bridgehead atoms. The Labute approximate surface area is 294 Å². The Hall–Kier alpha value is -2.34. The summed E-state index contributed by atoms with van der Waals surface area (Å²) in [5, 5.41) is 0. The molecule has 274 valence electrons. The van der Waals surface area contributed by atoms with Crippen LogP contribution in [0.4, 0.5) is 0 Å². The summed E-state index contributed by atoms with van der Waals surface area (Å²) in [5.41, 5.74) is 2.24. The SMILES string of the molecule is COC(=O)CCC/C=C\C[C@@H]1[C@@H](/C=C/[C@H](CCC=C(C)C)OC2CCCCO2)[C@H](OC2CCCCO2)C[C@H]1OS(=O)(=O)c1ccc(C)cc1. The Kier molecular flexibility index (Phi) is 16.5. The van der Waals surface area contributed by atoms with Gasteiger partial charge >= 0.3 is 5.97 Å². The van der Waals surface area contributed by atoms with E-state index in [0.717, 1.165) is 56.9 Å². The summed E-state index contributed by atoms with van der Waals surface area (Å²) in [6.45, 7) is 7.48. The molecule has 4 rings (SSSR count). The van der Waals surface area contributed by atoms with Crippen molar-refractivity contribution < 1.29 is 41.1 Å². The molecule has 1 aromatic rings. The van der Waals surface area contributed by atoms with Crippen molar-refractivity contribution in [2.75, 3.05) is 20.3 Å². The monoisotopic (exact) mass is 702 g/mol. The van der Waals surface area contributed by atoms with Crippen LogP contribution in [0, 0.1) is 18.8 Å². The molecule has 3 fully saturated rings. The molecule has 1 aromatic carbocycles. The Morgan fingerprint density at radius 3 is 2.33 bits per heavy atom. The third-order valence-electron chi connectivity index (χ3n) is 9.46. The number of benzene rings is 1. The van der Waals surface area contributed by atoms with E-state index in [-0.39, 0.29) is 47.5 Å².